The molecule has 0 N–H and O–H groups in total. The molecule has 0 fully saturated rings. The van der Waals surface area contributed by atoms with Gasteiger partial charge in [-0.3, -0.25) is 0 Å². The summed E-state index contributed by atoms with van der Waals surface area (Å²) in [4.78, 5) is 0.995. The summed E-state index contributed by atoms with van der Waals surface area (Å²) in [6.45, 7) is 9.97. The van der Waals surface area contributed by atoms with Gasteiger partial charge in [0.1, 0.15) is 4.21 Å². The van der Waals surface area contributed by atoms with Gasteiger partial charge in [0.15, 0.2) is 9.84 Å². The Labute approximate surface area is 131 Å². The first-order valence-corrected chi connectivity index (χ1v) is 9.43. The molecule has 0 aliphatic rings. The number of rotatable bonds is 3. The van der Waals surface area contributed by atoms with Crippen molar-refractivity contribution in [1.29, 1.82) is 0 Å². The number of sulfone groups is 1. The Morgan fingerprint density at radius 3 is 2.00 bits per heavy atom. The van der Waals surface area contributed by atoms with Crippen molar-refractivity contribution in [2.24, 2.45) is 0 Å². The van der Waals surface area contributed by atoms with Gasteiger partial charge in [0.05, 0.1) is 5.25 Å². The van der Waals surface area contributed by atoms with Crippen LogP contribution in [0.15, 0.2) is 40.6 Å². The van der Waals surface area contributed by atoms with Crippen molar-refractivity contribution >= 4 is 21.2 Å². The molecule has 1 heterocycles. The van der Waals surface area contributed by atoms with Gasteiger partial charge >= 0.3 is 0 Å². The normalized spacial score (nSPS) is 12.9. The van der Waals surface area contributed by atoms with Gasteiger partial charge in [-0.15, -0.1) is 11.3 Å². The molecule has 1 aromatic heterocycles. The van der Waals surface area contributed by atoms with Crippen LogP contribution in [-0.2, 0) is 15.3 Å². The van der Waals surface area contributed by atoms with E-state index in [1.165, 1.54) is 16.9 Å². The average molecular weight is 322 g/mol. The van der Waals surface area contributed by atoms with Crippen LogP contribution in [0, 0.1) is 0 Å². The molecule has 0 radical (unpaired) electrons. The highest BCUT2D eigenvalue weighted by atomic mass is 32.2. The summed E-state index contributed by atoms with van der Waals surface area (Å²) in [5.74, 6) is 0. The van der Waals surface area contributed by atoms with E-state index >= 15 is 0 Å². The Morgan fingerprint density at radius 2 is 1.52 bits per heavy atom. The minimum absolute atomic E-state index is 0.125. The predicted octanol–water partition coefficient (Wildman–Crippen LogP) is 4.89. The molecule has 1 aromatic carbocycles. The Hall–Kier alpha value is -1.13. The van der Waals surface area contributed by atoms with Crippen LogP contribution in [0.2, 0.25) is 0 Å². The zero-order chi connectivity index (χ0) is 15.8. The Bertz CT molecular complexity index is 715. The van der Waals surface area contributed by atoms with Crippen LogP contribution in [0.3, 0.4) is 0 Å². The maximum atomic E-state index is 12.2. The lowest BCUT2D eigenvalue weighted by molar-refractivity contribution is 0.589. The molecule has 0 bridgehead atoms. The summed E-state index contributed by atoms with van der Waals surface area (Å²) in [5, 5.41) is -0.382. The second-order valence-electron chi connectivity index (χ2n) is 6.54. The molecule has 0 saturated heterocycles. The van der Waals surface area contributed by atoms with Gasteiger partial charge in [0.2, 0.25) is 0 Å². The fourth-order valence-electron chi connectivity index (χ4n) is 2.00. The van der Waals surface area contributed by atoms with Crippen LogP contribution in [0.4, 0.5) is 0 Å². The molecule has 114 valence electrons. The van der Waals surface area contributed by atoms with E-state index in [0.717, 1.165) is 10.4 Å². The van der Waals surface area contributed by atoms with Crippen molar-refractivity contribution in [3.63, 3.8) is 0 Å². The summed E-state index contributed by atoms with van der Waals surface area (Å²) < 4.78 is 24.8. The second-order valence-corrected chi connectivity index (χ2v) is 10.4. The molecule has 21 heavy (non-hydrogen) atoms. The Kier molecular flexibility index (Phi) is 4.31. The van der Waals surface area contributed by atoms with E-state index in [9.17, 15) is 8.42 Å². The van der Waals surface area contributed by atoms with E-state index in [0.29, 0.717) is 4.21 Å². The van der Waals surface area contributed by atoms with Gasteiger partial charge in [0, 0.05) is 4.88 Å². The maximum Gasteiger partial charge on any atom is 0.190 e. The third-order valence-corrected chi connectivity index (χ3v) is 7.33. The summed E-state index contributed by atoms with van der Waals surface area (Å²) in [6.07, 6.45) is 0. The smallest absolute Gasteiger partial charge is 0.190 e. The van der Waals surface area contributed by atoms with E-state index < -0.39 is 9.84 Å². The lowest BCUT2D eigenvalue weighted by atomic mass is 9.86. The summed E-state index contributed by atoms with van der Waals surface area (Å²) >= 11 is 1.35. The summed E-state index contributed by atoms with van der Waals surface area (Å²) in [6, 6.07) is 12.0. The molecule has 0 atom stereocenters. The van der Waals surface area contributed by atoms with E-state index in [1.807, 2.05) is 6.07 Å². The van der Waals surface area contributed by atoms with Crippen molar-refractivity contribution in [3.8, 4) is 10.4 Å². The number of thiophene rings is 1. The standard InChI is InChI=1S/C17H22O2S2/c1-12(2)21(18,19)16-11-10-15(20-16)13-6-8-14(9-7-13)17(3,4)5/h6-12H,1-5H3. The molecule has 0 saturated carbocycles. The van der Waals surface area contributed by atoms with Gasteiger partial charge in [-0.25, -0.2) is 8.42 Å². The van der Waals surface area contributed by atoms with Crippen molar-refractivity contribution in [3.05, 3.63) is 42.0 Å². The summed E-state index contributed by atoms with van der Waals surface area (Å²) in [5.41, 5.74) is 2.47. The van der Waals surface area contributed by atoms with Crippen molar-refractivity contribution in [2.45, 2.75) is 49.5 Å². The number of hydrogen-bond donors (Lipinski definition) is 0. The molecule has 0 aliphatic heterocycles. The molecule has 4 heteroatoms. The highest BCUT2D eigenvalue weighted by Gasteiger charge is 2.21. The van der Waals surface area contributed by atoms with Gasteiger partial charge in [0.25, 0.3) is 0 Å². The van der Waals surface area contributed by atoms with Crippen molar-refractivity contribution < 1.29 is 8.42 Å². The van der Waals surface area contributed by atoms with Crippen molar-refractivity contribution in [2.75, 3.05) is 0 Å². The van der Waals surface area contributed by atoms with Gasteiger partial charge in [-0.1, -0.05) is 45.0 Å². The SMILES string of the molecule is CC(C)S(=O)(=O)c1ccc(-c2ccc(C(C)(C)C)cc2)s1. The third kappa shape index (κ3) is 3.38. The minimum atomic E-state index is -3.18. The molecular formula is C17H22O2S2. The molecule has 2 aromatic rings. The predicted molar refractivity (Wildman–Crippen MR) is 90.8 cm³/mol. The zero-order valence-corrected chi connectivity index (χ0v) is 14.8. The van der Waals surface area contributed by atoms with Gasteiger partial charge < -0.3 is 0 Å². The lowest BCUT2D eigenvalue weighted by Crippen LogP contribution is -2.12. The molecule has 2 rings (SSSR count). The molecule has 0 spiro atoms. The highest BCUT2D eigenvalue weighted by Crippen LogP contribution is 2.33. The first kappa shape index (κ1) is 16.2. The maximum absolute atomic E-state index is 12.2. The molecule has 0 amide bonds. The quantitative estimate of drug-likeness (QED) is 0.806. The third-order valence-electron chi connectivity index (χ3n) is 3.52. The molecular weight excluding hydrogens is 300 g/mol. The topological polar surface area (TPSA) is 34.1 Å². The van der Waals surface area contributed by atoms with Gasteiger partial charge in [-0.05, 0) is 42.5 Å². The lowest BCUT2D eigenvalue weighted by Gasteiger charge is -2.18. The Balaban J connectivity index is 2.35. The van der Waals surface area contributed by atoms with Crippen molar-refractivity contribution in [1.82, 2.24) is 0 Å². The van der Waals surface area contributed by atoms with Crippen LogP contribution in [0.25, 0.3) is 10.4 Å². The fourth-order valence-corrected chi connectivity index (χ4v) is 4.77. The van der Waals surface area contributed by atoms with E-state index in [1.54, 1.807) is 19.9 Å². The van der Waals surface area contributed by atoms with Crippen LogP contribution in [-0.4, -0.2) is 13.7 Å². The first-order valence-electron chi connectivity index (χ1n) is 7.07. The van der Waals surface area contributed by atoms with E-state index in [-0.39, 0.29) is 10.7 Å². The minimum Gasteiger partial charge on any atom is -0.223 e. The fraction of sp³-hybridized carbons (Fsp3) is 0.412. The molecule has 2 nitrogen and oxygen atoms in total. The van der Waals surface area contributed by atoms with Crippen LogP contribution < -0.4 is 0 Å². The number of hydrogen-bond acceptors (Lipinski definition) is 3. The summed E-state index contributed by atoms with van der Waals surface area (Å²) in [7, 11) is -3.18. The molecule has 0 aliphatic carbocycles. The van der Waals surface area contributed by atoms with Gasteiger partial charge in [-0.2, -0.15) is 0 Å². The Morgan fingerprint density at radius 1 is 0.952 bits per heavy atom. The first-order chi connectivity index (χ1) is 9.62. The van der Waals surface area contributed by atoms with E-state index in [2.05, 4.69) is 45.0 Å². The average Bonchev–Trinajstić information content (AvgIpc) is 2.88. The largest absolute Gasteiger partial charge is 0.223 e. The second kappa shape index (κ2) is 5.58. The van der Waals surface area contributed by atoms with E-state index in [4.69, 9.17) is 0 Å². The zero-order valence-electron chi connectivity index (χ0n) is 13.2. The van der Waals surface area contributed by atoms with Crippen LogP contribution in [0.5, 0.6) is 0 Å². The molecule has 0 unspecified atom stereocenters. The van der Waals surface area contributed by atoms with Crippen LogP contribution >= 0.6 is 11.3 Å². The highest BCUT2D eigenvalue weighted by molar-refractivity contribution is 7.94. The van der Waals surface area contributed by atoms with Crippen LogP contribution in [0.1, 0.15) is 40.2 Å². The monoisotopic (exact) mass is 322 g/mol. The number of benzene rings is 1.